The van der Waals surface area contributed by atoms with E-state index >= 15 is 0 Å². The van der Waals surface area contributed by atoms with Crippen molar-refractivity contribution >= 4 is 17.3 Å². The van der Waals surface area contributed by atoms with E-state index in [1.807, 2.05) is 56.4 Å². The molecule has 1 aromatic carbocycles. The van der Waals surface area contributed by atoms with E-state index in [0.29, 0.717) is 17.1 Å². The lowest BCUT2D eigenvalue weighted by atomic mass is 10.1. The number of hydrogen-bond donors (Lipinski definition) is 2. The number of hydrogen-bond acceptors (Lipinski definition) is 3. The van der Waals surface area contributed by atoms with Crippen LogP contribution in [0.5, 0.6) is 0 Å². The molecule has 23 heavy (non-hydrogen) atoms. The summed E-state index contributed by atoms with van der Waals surface area (Å²) in [6.07, 6.45) is 7.68. The molecule has 118 valence electrons. The molecule has 0 saturated heterocycles. The molecule has 1 amide bonds. The van der Waals surface area contributed by atoms with E-state index in [1.54, 1.807) is 13.1 Å². The van der Waals surface area contributed by atoms with Crippen LogP contribution in [0, 0.1) is 0 Å². The Morgan fingerprint density at radius 2 is 1.83 bits per heavy atom. The van der Waals surface area contributed by atoms with Gasteiger partial charge in [-0.3, -0.25) is 4.79 Å². The number of benzene rings is 1. The summed E-state index contributed by atoms with van der Waals surface area (Å²) in [5.41, 5.74) is 3.96. The molecule has 2 N–H and O–H groups in total. The molecule has 0 aromatic heterocycles. The second-order valence-corrected chi connectivity index (χ2v) is 5.34. The third-order valence-corrected chi connectivity index (χ3v) is 3.35. The molecule has 0 bridgehead atoms. The van der Waals surface area contributed by atoms with E-state index in [0.717, 1.165) is 16.9 Å². The van der Waals surface area contributed by atoms with Crippen LogP contribution in [0.3, 0.4) is 0 Å². The van der Waals surface area contributed by atoms with Gasteiger partial charge in [0.1, 0.15) is 5.82 Å². The maximum atomic E-state index is 12.0. The van der Waals surface area contributed by atoms with Crippen LogP contribution in [0.25, 0.3) is 0 Å². The molecular formula is C19H21N3O. The number of carbonyl (C=O) groups is 1. The van der Waals surface area contributed by atoms with Gasteiger partial charge < -0.3 is 10.6 Å². The number of aliphatic imine (C=N–C) groups is 1. The van der Waals surface area contributed by atoms with Gasteiger partial charge in [0, 0.05) is 7.05 Å². The van der Waals surface area contributed by atoms with Crippen LogP contribution in [-0.4, -0.2) is 18.7 Å². The van der Waals surface area contributed by atoms with Gasteiger partial charge in [-0.05, 0) is 43.2 Å². The molecule has 1 aliphatic rings. The molecule has 0 saturated carbocycles. The van der Waals surface area contributed by atoms with E-state index in [2.05, 4.69) is 22.2 Å². The molecular weight excluding hydrogens is 286 g/mol. The molecule has 1 aromatic rings. The lowest BCUT2D eigenvalue weighted by Crippen LogP contribution is -2.19. The number of nitrogens with zero attached hydrogens (tertiary/aromatic N) is 1. The predicted molar refractivity (Wildman–Crippen MR) is 96.7 cm³/mol. The predicted octanol–water partition coefficient (Wildman–Crippen LogP) is 3.83. The van der Waals surface area contributed by atoms with Crippen LogP contribution < -0.4 is 10.6 Å². The van der Waals surface area contributed by atoms with E-state index < -0.39 is 0 Å². The Bertz CT molecular complexity index is 748. The number of anilines is 1. The first-order valence-electron chi connectivity index (χ1n) is 7.41. The van der Waals surface area contributed by atoms with Gasteiger partial charge in [0.25, 0.3) is 5.91 Å². The quantitative estimate of drug-likeness (QED) is 0.888. The summed E-state index contributed by atoms with van der Waals surface area (Å²) in [7, 11) is 1.62. The third kappa shape index (κ3) is 4.07. The Hall–Kier alpha value is -2.88. The highest BCUT2D eigenvalue weighted by Crippen LogP contribution is 2.20. The molecule has 0 atom stereocenters. The van der Waals surface area contributed by atoms with Gasteiger partial charge in [-0.2, -0.15) is 0 Å². The lowest BCUT2D eigenvalue weighted by molar-refractivity contribution is 0.0964. The average Bonchev–Trinajstić information content (AvgIpc) is 2.55. The molecule has 0 spiro atoms. The molecule has 0 unspecified atom stereocenters. The van der Waals surface area contributed by atoms with Crippen molar-refractivity contribution in [2.75, 3.05) is 12.4 Å². The van der Waals surface area contributed by atoms with E-state index in [1.165, 1.54) is 0 Å². The summed E-state index contributed by atoms with van der Waals surface area (Å²) in [6.45, 7) is 7.94. The summed E-state index contributed by atoms with van der Waals surface area (Å²) >= 11 is 0. The van der Waals surface area contributed by atoms with E-state index in [9.17, 15) is 4.79 Å². The van der Waals surface area contributed by atoms with E-state index in [-0.39, 0.29) is 5.91 Å². The first-order chi connectivity index (χ1) is 11.0. The number of allylic oxidation sites excluding steroid dienone is 6. The summed E-state index contributed by atoms with van der Waals surface area (Å²) in [4.78, 5) is 16.6. The molecule has 4 heteroatoms. The van der Waals surface area contributed by atoms with Gasteiger partial charge in [-0.1, -0.05) is 36.9 Å². The van der Waals surface area contributed by atoms with Crippen molar-refractivity contribution in [3.8, 4) is 0 Å². The van der Waals surface area contributed by atoms with Crippen LogP contribution in [-0.2, 0) is 0 Å². The molecule has 1 aliphatic carbocycles. The lowest BCUT2D eigenvalue weighted by Gasteiger charge is -2.14. The zero-order valence-electron chi connectivity index (χ0n) is 13.7. The minimum atomic E-state index is -0.140. The number of amides is 1. The number of carbonyl (C=O) groups excluding carboxylic acids is 1. The second kappa shape index (κ2) is 7.40. The monoisotopic (exact) mass is 307 g/mol. The Labute approximate surface area is 137 Å². The molecule has 0 fully saturated rings. The highest BCUT2D eigenvalue weighted by atomic mass is 16.1. The van der Waals surface area contributed by atoms with Gasteiger partial charge in [0.05, 0.1) is 17.0 Å². The van der Waals surface area contributed by atoms with Crippen molar-refractivity contribution in [3.05, 3.63) is 77.7 Å². The normalized spacial score (nSPS) is 14.7. The summed E-state index contributed by atoms with van der Waals surface area (Å²) < 4.78 is 0. The molecule has 0 aliphatic heterocycles. The highest BCUT2D eigenvalue weighted by Gasteiger charge is 2.11. The van der Waals surface area contributed by atoms with Crippen LogP contribution in [0.1, 0.15) is 24.2 Å². The second-order valence-electron chi connectivity index (χ2n) is 5.34. The first-order valence-corrected chi connectivity index (χ1v) is 7.41. The fourth-order valence-electron chi connectivity index (χ4n) is 2.06. The summed E-state index contributed by atoms with van der Waals surface area (Å²) in [5.74, 6) is 0.566. The van der Waals surface area contributed by atoms with Gasteiger partial charge in [-0.25, -0.2) is 4.99 Å². The minimum absolute atomic E-state index is 0.140. The number of rotatable bonds is 4. The topological polar surface area (TPSA) is 53.5 Å². The Morgan fingerprint density at radius 3 is 2.48 bits per heavy atom. The van der Waals surface area contributed by atoms with Crippen LogP contribution >= 0.6 is 0 Å². The van der Waals surface area contributed by atoms with Gasteiger partial charge in [0.15, 0.2) is 0 Å². The van der Waals surface area contributed by atoms with Gasteiger partial charge in [0.2, 0.25) is 0 Å². The SMILES string of the molecule is C=C1C=CC=C/C1=N/C(Nc1ccccc1C(=O)NC)=C(C)C. The molecule has 0 heterocycles. The summed E-state index contributed by atoms with van der Waals surface area (Å²) in [5, 5.41) is 5.91. The minimum Gasteiger partial charge on any atom is -0.355 e. The highest BCUT2D eigenvalue weighted by molar-refractivity contribution is 6.11. The third-order valence-electron chi connectivity index (χ3n) is 3.35. The van der Waals surface area contributed by atoms with Crippen molar-refractivity contribution in [2.45, 2.75) is 13.8 Å². The Kier molecular flexibility index (Phi) is 5.31. The van der Waals surface area contributed by atoms with Crippen LogP contribution in [0.4, 0.5) is 5.69 Å². The Morgan fingerprint density at radius 1 is 1.13 bits per heavy atom. The zero-order valence-corrected chi connectivity index (χ0v) is 13.7. The number of para-hydroxylation sites is 1. The summed E-state index contributed by atoms with van der Waals surface area (Å²) in [6, 6.07) is 7.35. The fourth-order valence-corrected chi connectivity index (χ4v) is 2.06. The number of nitrogens with one attached hydrogen (secondary N) is 2. The fraction of sp³-hybridized carbons (Fsp3) is 0.158. The van der Waals surface area contributed by atoms with Crippen molar-refractivity contribution in [1.82, 2.24) is 5.32 Å². The molecule has 2 rings (SSSR count). The van der Waals surface area contributed by atoms with Gasteiger partial charge in [-0.15, -0.1) is 0 Å². The van der Waals surface area contributed by atoms with Crippen molar-refractivity contribution in [1.29, 1.82) is 0 Å². The maximum absolute atomic E-state index is 12.0. The average molecular weight is 307 g/mol. The Balaban J connectivity index is 2.36. The zero-order chi connectivity index (χ0) is 16.8. The maximum Gasteiger partial charge on any atom is 0.253 e. The molecule has 0 radical (unpaired) electrons. The van der Waals surface area contributed by atoms with Crippen molar-refractivity contribution in [2.24, 2.45) is 4.99 Å². The smallest absolute Gasteiger partial charge is 0.253 e. The van der Waals surface area contributed by atoms with Crippen LogP contribution in [0.2, 0.25) is 0 Å². The largest absolute Gasteiger partial charge is 0.355 e. The first kappa shape index (κ1) is 16.5. The van der Waals surface area contributed by atoms with Crippen LogP contribution in [0.15, 0.2) is 77.1 Å². The van der Waals surface area contributed by atoms with Crippen molar-refractivity contribution in [3.63, 3.8) is 0 Å². The van der Waals surface area contributed by atoms with E-state index in [4.69, 9.17) is 0 Å². The molecule has 4 nitrogen and oxygen atoms in total. The van der Waals surface area contributed by atoms with Crippen molar-refractivity contribution < 1.29 is 4.79 Å². The van der Waals surface area contributed by atoms with Gasteiger partial charge >= 0.3 is 0 Å². The standard InChI is InChI=1S/C19H21N3O/c1-13(2)18(21-16-11-7-5-9-14(16)3)22-17-12-8-6-10-15(17)19(23)20-4/h5-12,22H,3H2,1-2,4H3,(H,20,23)/b21-16-.